The zero-order chi connectivity index (χ0) is 11.1. The molecule has 1 aromatic rings. The number of carbonyl (C=O) groups excluding carboxylic acids is 1. The number of nitrogens with one attached hydrogen (secondary N) is 1. The van der Waals surface area contributed by atoms with Crippen LogP contribution in [0.2, 0.25) is 0 Å². The Morgan fingerprint density at radius 3 is 2.60 bits per heavy atom. The van der Waals surface area contributed by atoms with Gasteiger partial charge in [0.25, 0.3) is 0 Å². The minimum atomic E-state index is -0.00619. The van der Waals surface area contributed by atoms with Gasteiger partial charge in [-0.2, -0.15) is 0 Å². The lowest BCUT2D eigenvalue weighted by Gasteiger charge is -2.02. The first-order valence-corrected chi connectivity index (χ1v) is 4.78. The number of ether oxygens (including phenoxy) is 1. The second kappa shape index (κ2) is 5.90. The van der Waals surface area contributed by atoms with Crippen molar-refractivity contribution in [3.05, 3.63) is 35.4 Å². The molecule has 0 heterocycles. The molecule has 0 unspecified atom stereocenters. The summed E-state index contributed by atoms with van der Waals surface area (Å²) in [5.41, 5.74) is 9.40. The van der Waals surface area contributed by atoms with Crippen LogP contribution in [0.25, 0.3) is 5.53 Å². The number of carbonyl (C=O) groups is 1. The summed E-state index contributed by atoms with van der Waals surface area (Å²) in [6.45, 7) is 0.0101. The van der Waals surface area contributed by atoms with Crippen LogP contribution in [0.3, 0.4) is 0 Å². The zero-order valence-corrected chi connectivity index (χ0v) is 8.69. The summed E-state index contributed by atoms with van der Waals surface area (Å²) < 4.78 is 5.02. The lowest BCUT2D eigenvalue weighted by molar-refractivity contribution is -0.467. The van der Waals surface area contributed by atoms with Crippen LogP contribution in [0, 0.1) is 0 Å². The van der Waals surface area contributed by atoms with Gasteiger partial charge in [0.15, 0.2) is 12.3 Å². The highest BCUT2D eigenvalue weighted by Gasteiger charge is 2.03. The van der Waals surface area contributed by atoms with Crippen LogP contribution < -0.4 is 9.85 Å². The molecule has 0 aromatic heterocycles. The molecule has 0 atom stereocenters. The van der Waals surface area contributed by atoms with Gasteiger partial charge in [-0.25, -0.2) is 0 Å². The van der Waals surface area contributed by atoms with E-state index in [9.17, 15) is 4.79 Å². The van der Waals surface area contributed by atoms with E-state index in [1.807, 2.05) is 29.4 Å². The Bertz CT molecular complexity index is 333. The minimum Gasteiger partial charge on any atom is -0.508 e. The molecule has 0 spiro atoms. The fraction of sp³-hybridized carbons (Fsp3) is 0.364. The topological polar surface area (TPSA) is 62.6 Å². The van der Waals surface area contributed by atoms with Gasteiger partial charge in [0.05, 0.1) is 7.11 Å². The normalized spacial score (nSPS) is 9.67. The van der Waals surface area contributed by atoms with Crippen molar-refractivity contribution in [2.45, 2.75) is 12.8 Å². The lowest BCUT2D eigenvalue weighted by atomic mass is 10.1. The van der Waals surface area contributed by atoms with E-state index < -0.39 is 0 Å². The van der Waals surface area contributed by atoms with Crippen LogP contribution in [0.4, 0.5) is 0 Å². The Morgan fingerprint density at radius 1 is 1.40 bits per heavy atom. The Balaban J connectivity index is 2.43. The average molecular weight is 206 g/mol. The van der Waals surface area contributed by atoms with E-state index in [1.165, 1.54) is 0 Å². The van der Waals surface area contributed by atoms with E-state index in [4.69, 9.17) is 10.3 Å². The van der Waals surface area contributed by atoms with Crippen LogP contribution >= 0.6 is 0 Å². The monoisotopic (exact) mass is 206 g/mol. The van der Waals surface area contributed by atoms with Crippen molar-refractivity contribution >= 4 is 5.78 Å². The molecule has 1 N–H and O–H groups in total. The molecule has 0 aliphatic heterocycles. The Kier molecular flexibility index (Phi) is 4.47. The Labute approximate surface area is 88.8 Å². The molecule has 15 heavy (non-hydrogen) atoms. The molecule has 0 aliphatic rings. The van der Waals surface area contributed by atoms with E-state index in [0.29, 0.717) is 12.8 Å². The molecule has 4 nitrogen and oxygen atoms in total. The molecule has 0 amide bonds. The fourth-order valence-electron chi connectivity index (χ4n) is 1.25. The molecule has 0 fully saturated rings. The smallest absolute Gasteiger partial charge is 0.196 e. The first-order chi connectivity index (χ1) is 7.26. The molecular formula is C11H14N2O2. The summed E-state index contributed by atoms with van der Waals surface area (Å²) in [4.78, 5) is 11.1. The molecule has 80 valence electrons. The minimum absolute atomic E-state index is 0.00619. The highest BCUT2D eigenvalue weighted by atomic mass is 16.5. The largest absolute Gasteiger partial charge is 0.508 e. The number of benzene rings is 1. The number of ketones is 1. The standard InChI is InChI=1S/C11H14N2O2/c1-15-11-6-3-9(4-7-11)2-5-10(14)8-13-12/h3-4,6-7,13H,2,5,8H2,1H3. The summed E-state index contributed by atoms with van der Waals surface area (Å²) in [7, 11) is 1.62. The summed E-state index contributed by atoms with van der Waals surface area (Å²) in [5.74, 6) is 0.801. The Morgan fingerprint density at radius 2 is 2.07 bits per heavy atom. The third kappa shape index (κ3) is 3.89. The van der Waals surface area contributed by atoms with Crippen LogP contribution in [-0.4, -0.2) is 19.4 Å². The highest BCUT2D eigenvalue weighted by Crippen LogP contribution is 2.12. The molecule has 4 heteroatoms. The molecule has 0 saturated carbocycles. The van der Waals surface area contributed by atoms with Gasteiger partial charge in [-0.15, -0.1) is 0 Å². The van der Waals surface area contributed by atoms with Gasteiger partial charge >= 0.3 is 0 Å². The summed E-state index contributed by atoms with van der Waals surface area (Å²) in [5, 5.41) is 1.85. The second-order valence-electron chi connectivity index (χ2n) is 3.22. The lowest BCUT2D eigenvalue weighted by Crippen LogP contribution is -2.65. The van der Waals surface area contributed by atoms with Crippen molar-refractivity contribution in [3.63, 3.8) is 0 Å². The van der Waals surface area contributed by atoms with Crippen molar-refractivity contribution in [3.8, 4) is 5.75 Å². The van der Waals surface area contributed by atoms with Crippen molar-refractivity contribution in [2.24, 2.45) is 0 Å². The summed E-state index contributed by atoms with van der Waals surface area (Å²) >= 11 is 0. The van der Waals surface area contributed by atoms with Crippen molar-refractivity contribution < 1.29 is 14.6 Å². The molecular weight excluding hydrogens is 192 g/mol. The van der Waals surface area contributed by atoms with E-state index in [0.717, 1.165) is 11.3 Å². The van der Waals surface area contributed by atoms with Crippen LogP contribution in [0.1, 0.15) is 12.0 Å². The Hall–Kier alpha value is -1.71. The number of aryl methyl sites for hydroxylation is 1. The van der Waals surface area contributed by atoms with Gasteiger partial charge in [0.2, 0.25) is 0 Å². The van der Waals surface area contributed by atoms with Crippen LogP contribution in [-0.2, 0) is 11.2 Å². The van der Waals surface area contributed by atoms with Gasteiger partial charge in [0, 0.05) is 6.42 Å². The maximum atomic E-state index is 11.1. The molecule has 0 radical (unpaired) electrons. The summed E-state index contributed by atoms with van der Waals surface area (Å²) in [6.07, 6.45) is 1.12. The predicted molar refractivity (Wildman–Crippen MR) is 55.5 cm³/mol. The average Bonchev–Trinajstić information content (AvgIpc) is 2.27. The van der Waals surface area contributed by atoms with Gasteiger partial charge in [-0.3, -0.25) is 4.79 Å². The van der Waals surface area contributed by atoms with E-state index >= 15 is 0 Å². The van der Waals surface area contributed by atoms with E-state index in [2.05, 4.69) is 0 Å². The molecule has 1 rings (SSSR count). The van der Waals surface area contributed by atoms with E-state index in [1.54, 1.807) is 7.11 Å². The van der Waals surface area contributed by atoms with E-state index in [-0.39, 0.29) is 12.3 Å². The number of rotatable bonds is 6. The number of hydrogen-bond acceptors (Lipinski definition) is 2. The fourth-order valence-corrected chi connectivity index (χ4v) is 1.25. The van der Waals surface area contributed by atoms with Crippen molar-refractivity contribution in [1.82, 2.24) is 0 Å². The van der Waals surface area contributed by atoms with Gasteiger partial charge in [-0.1, -0.05) is 12.1 Å². The predicted octanol–water partition coefficient (Wildman–Crippen LogP) is 0.299. The first kappa shape index (κ1) is 11.4. The highest BCUT2D eigenvalue weighted by molar-refractivity contribution is 5.79. The quantitative estimate of drug-likeness (QED) is 0.680. The number of Topliss-reactive ketones (excluding diaryl/α,β-unsaturated/α-hetero) is 1. The second-order valence-corrected chi connectivity index (χ2v) is 3.22. The number of nitrogens with zero attached hydrogens (tertiary/aromatic N) is 1. The third-order valence-corrected chi connectivity index (χ3v) is 2.13. The van der Waals surface area contributed by atoms with Crippen LogP contribution in [0.5, 0.6) is 5.75 Å². The maximum absolute atomic E-state index is 11.1. The van der Waals surface area contributed by atoms with Crippen molar-refractivity contribution in [2.75, 3.05) is 13.7 Å². The maximum Gasteiger partial charge on any atom is 0.196 e. The van der Waals surface area contributed by atoms with Gasteiger partial charge in [0.1, 0.15) is 5.75 Å². The molecule has 0 aliphatic carbocycles. The SMILES string of the molecule is COc1ccc(CCC(=O)C[NH+]=[N-])cc1. The summed E-state index contributed by atoms with van der Waals surface area (Å²) in [6, 6.07) is 7.59. The third-order valence-electron chi connectivity index (χ3n) is 2.13. The number of methoxy groups -OCH3 is 1. The molecule has 0 saturated heterocycles. The first-order valence-electron chi connectivity index (χ1n) is 4.78. The van der Waals surface area contributed by atoms with Gasteiger partial charge in [-0.05, 0) is 24.1 Å². The van der Waals surface area contributed by atoms with Crippen LogP contribution in [0.15, 0.2) is 24.3 Å². The number of hydrogen-bond donors (Lipinski definition) is 1. The van der Waals surface area contributed by atoms with Gasteiger partial charge < -0.3 is 15.4 Å². The van der Waals surface area contributed by atoms with Crippen molar-refractivity contribution in [1.29, 1.82) is 0 Å². The molecule has 1 aromatic carbocycles. The zero-order valence-electron chi connectivity index (χ0n) is 8.69. The molecule has 0 bridgehead atoms.